The van der Waals surface area contributed by atoms with E-state index >= 15 is 0 Å². The monoisotopic (exact) mass is 186 g/mol. The van der Waals surface area contributed by atoms with Gasteiger partial charge in [-0.3, -0.25) is 11.3 Å². The molecule has 1 saturated carbocycles. The summed E-state index contributed by atoms with van der Waals surface area (Å²) < 4.78 is 5.01. The lowest BCUT2D eigenvalue weighted by molar-refractivity contribution is 0.187. The van der Waals surface area contributed by atoms with Crippen LogP contribution in [0.5, 0.6) is 0 Å². The summed E-state index contributed by atoms with van der Waals surface area (Å²) >= 11 is 0. The van der Waals surface area contributed by atoms with E-state index in [4.69, 9.17) is 10.6 Å². The third-order valence-corrected chi connectivity index (χ3v) is 2.76. The Balaban J connectivity index is 1.95. The molecule has 1 aliphatic carbocycles. The lowest BCUT2D eigenvalue weighted by Crippen LogP contribution is -2.35. The second-order valence-electron chi connectivity index (χ2n) is 4.02. The first-order chi connectivity index (χ1) is 6.36. The normalized spacial score (nSPS) is 18.9. The van der Waals surface area contributed by atoms with Crippen molar-refractivity contribution in [3.63, 3.8) is 0 Å². The SMILES string of the molecule is COCCCC(CCC1CC1)NN. The fourth-order valence-electron chi connectivity index (χ4n) is 1.63. The van der Waals surface area contributed by atoms with Crippen LogP contribution in [0.25, 0.3) is 0 Å². The predicted molar refractivity (Wildman–Crippen MR) is 54.2 cm³/mol. The molecule has 1 rings (SSSR count). The van der Waals surface area contributed by atoms with Gasteiger partial charge in [0.2, 0.25) is 0 Å². The van der Waals surface area contributed by atoms with E-state index in [1.807, 2.05) is 0 Å². The van der Waals surface area contributed by atoms with E-state index in [-0.39, 0.29) is 0 Å². The molecule has 0 aromatic rings. The highest BCUT2D eigenvalue weighted by Gasteiger charge is 2.21. The maximum Gasteiger partial charge on any atom is 0.0462 e. The van der Waals surface area contributed by atoms with Crippen LogP contribution >= 0.6 is 0 Å². The quantitative estimate of drug-likeness (QED) is 0.342. The van der Waals surface area contributed by atoms with Crippen LogP contribution in [0.15, 0.2) is 0 Å². The van der Waals surface area contributed by atoms with Crippen molar-refractivity contribution in [1.82, 2.24) is 5.43 Å². The van der Waals surface area contributed by atoms with E-state index < -0.39 is 0 Å². The third-order valence-electron chi connectivity index (χ3n) is 2.76. The lowest BCUT2D eigenvalue weighted by atomic mass is 10.0. The zero-order valence-electron chi connectivity index (χ0n) is 8.59. The number of rotatable bonds is 8. The van der Waals surface area contributed by atoms with E-state index in [0.29, 0.717) is 6.04 Å². The molecule has 0 heterocycles. The van der Waals surface area contributed by atoms with E-state index in [0.717, 1.165) is 25.4 Å². The molecule has 3 N–H and O–H groups in total. The Morgan fingerprint density at radius 3 is 2.77 bits per heavy atom. The molecule has 3 heteroatoms. The maximum absolute atomic E-state index is 5.47. The third kappa shape index (κ3) is 5.24. The highest BCUT2D eigenvalue weighted by Crippen LogP contribution is 2.34. The molecule has 1 unspecified atom stereocenters. The van der Waals surface area contributed by atoms with Crippen molar-refractivity contribution in [1.29, 1.82) is 0 Å². The van der Waals surface area contributed by atoms with Crippen LogP contribution in [-0.2, 0) is 4.74 Å². The van der Waals surface area contributed by atoms with Gasteiger partial charge in [0.15, 0.2) is 0 Å². The largest absolute Gasteiger partial charge is 0.385 e. The average Bonchev–Trinajstić information content (AvgIpc) is 2.94. The van der Waals surface area contributed by atoms with Crippen molar-refractivity contribution in [2.45, 2.75) is 44.6 Å². The molecular formula is C10H22N2O. The molecule has 0 spiro atoms. The van der Waals surface area contributed by atoms with Crippen molar-refractivity contribution < 1.29 is 4.74 Å². The van der Waals surface area contributed by atoms with Gasteiger partial charge in [-0.05, 0) is 31.6 Å². The van der Waals surface area contributed by atoms with Crippen LogP contribution in [0.4, 0.5) is 0 Å². The minimum atomic E-state index is 0.496. The standard InChI is InChI=1S/C10H22N2O/c1-13-8-2-3-10(12-11)7-6-9-4-5-9/h9-10,12H,2-8,11H2,1H3. The minimum Gasteiger partial charge on any atom is -0.385 e. The number of nitrogens with two attached hydrogens (primary N) is 1. The average molecular weight is 186 g/mol. The highest BCUT2D eigenvalue weighted by molar-refractivity contribution is 4.75. The number of ether oxygens (including phenoxy) is 1. The van der Waals surface area contributed by atoms with E-state index in [2.05, 4.69) is 5.43 Å². The molecule has 0 radical (unpaired) electrons. The summed E-state index contributed by atoms with van der Waals surface area (Å²) in [5.41, 5.74) is 2.89. The van der Waals surface area contributed by atoms with Crippen LogP contribution in [0, 0.1) is 5.92 Å². The topological polar surface area (TPSA) is 47.3 Å². The molecule has 0 amide bonds. The van der Waals surface area contributed by atoms with Crippen molar-refractivity contribution in [2.75, 3.05) is 13.7 Å². The van der Waals surface area contributed by atoms with Crippen LogP contribution in [-0.4, -0.2) is 19.8 Å². The summed E-state index contributed by atoms with van der Waals surface area (Å²) in [5.74, 6) is 6.48. The summed E-state index contributed by atoms with van der Waals surface area (Å²) in [6.07, 6.45) is 7.70. The first-order valence-corrected chi connectivity index (χ1v) is 5.32. The van der Waals surface area contributed by atoms with Gasteiger partial charge >= 0.3 is 0 Å². The van der Waals surface area contributed by atoms with E-state index in [9.17, 15) is 0 Å². The number of nitrogens with one attached hydrogen (secondary N) is 1. The fourth-order valence-corrected chi connectivity index (χ4v) is 1.63. The minimum absolute atomic E-state index is 0.496. The Hall–Kier alpha value is -0.120. The second-order valence-corrected chi connectivity index (χ2v) is 4.02. The van der Waals surface area contributed by atoms with Crippen LogP contribution < -0.4 is 11.3 Å². The highest BCUT2D eigenvalue weighted by atomic mass is 16.5. The maximum atomic E-state index is 5.47. The molecule has 78 valence electrons. The number of methoxy groups -OCH3 is 1. The summed E-state index contributed by atoms with van der Waals surface area (Å²) in [6, 6.07) is 0.496. The molecule has 1 aliphatic rings. The van der Waals surface area contributed by atoms with Gasteiger partial charge in [-0.1, -0.05) is 12.8 Å². The second kappa shape index (κ2) is 6.35. The van der Waals surface area contributed by atoms with E-state index in [1.165, 1.54) is 25.7 Å². The Kier molecular flexibility index (Phi) is 5.35. The molecule has 0 aromatic heterocycles. The predicted octanol–water partition coefficient (Wildman–Crippen LogP) is 1.44. The number of hydrogen-bond acceptors (Lipinski definition) is 3. The Morgan fingerprint density at radius 2 is 2.23 bits per heavy atom. The van der Waals surface area contributed by atoms with Gasteiger partial charge < -0.3 is 4.74 Å². The summed E-state index contributed by atoms with van der Waals surface area (Å²) in [4.78, 5) is 0. The van der Waals surface area contributed by atoms with Gasteiger partial charge in [-0.15, -0.1) is 0 Å². The Labute approximate surface area is 81.0 Å². The summed E-state index contributed by atoms with van der Waals surface area (Å²) in [6.45, 7) is 0.849. The van der Waals surface area contributed by atoms with E-state index in [1.54, 1.807) is 7.11 Å². The first-order valence-electron chi connectivity index (χ1n) is 5.32. The number of hydrogen-bond donors (Lipinski definition) is 2. The number of hydrazine groups is 1. The molecule has 0 aliphatic heterocycles. The molecule has 13 heavy (non-hydrogen) atoms. The van der Waals surface area contributed by atoms with Gasteiger partial charge in [0.05, 0.1) is 0 Å². The summed E-state index contributed by atoms with van der Waals surface area (Å²) in [5, 5.41) is 0. The summed E-state index contributed by atoms with van der Waals surface area (Å²) in [7, 11) is 1.75. The smallest absolute Gasteiger partial charge is 0.0462 e. The molecule has 1 fully saturated rings. The molecule has 1 atom stereocenters. The molecule has 0 aromatic carbocycles. The zero-order chi connectivity index (χ0) is 9.52. The van der Waals surface area contributed by atoms with Gasteiger partial charge in [0.25, 0.3) is 0 Å². The van der Waals surface area contributed by atoms with Crippen LogP contribution in [0.2, 0.25) is 0 Å². The van der Waals surface area contributed by atoms with Crippen LogP contribution in [0.3, 0.4) is 0 Å². The zero-order valence-corrected chi connectivity index (χ0v) is 8.59. The molecule has 3 nitrogen and oxygen atoms in total. The van der Waals surface area contributed by atoms with Crippen molar-refractivity contribution in [3.05, 3.63) is 0 Å². The Morgan fingerprint density at radius 1 is 1.46 bits per heavy atom. The van der Waals surface area contributed by atoms with Crippen molar-refractivity contribution in [3.8, 4) is 0 Å². The molecular weight excluding hydrogens is 164 g/mol. The fraction of sp³-hybridized carbons (Fsp3) is 1.00. The lowest BCUT2D eigenvalue weighted by Gasteiger charge is -2.14. The van der Waals surface area contributed by atoms with Gasteiger partial charge in [-0.25, -0.2) is 0 Å². The van der Waals surface area contributed by atoms with Gasteiger partial charge in [0, 0.05) is 19.8 Å². The van der Waals surface area contributed by atoms with Gasteiger partial charge in [0.1, 0.15) is 0 Å². The van der Waals surface area contributed by atoms with Crippen LogP contribution in [0.1, 0.15) is 38.5 Å². The van der Waals surface area contributed by atoms with Gasteiger partial charge in [-0.2, -0.15) is 0 Å². The first kappa shape index (κ1) is 11.0. The Bertz CT molecular complexity index is 126. The molecule has 0 bridgehead atoms. The van der Waals surface area contributed by atoms with Crippen molar-refractivity contribution in [2.24, 2.45) is 11.8 Å². The van der Waals surface area contributed by atoms with Crippen molar-refractivity contribution >= 4 is 0 Å². The molecule has 0 saturated heterocycles.